The first kappa shape index (κ1) is 22.9. The third-order valence-electron chi connectivity index (χ3n) is 4.70. The minimum atomic E-state index is -0.153. The van der Waals surface area contributed by atoms with Gasteiger partial charge in [0.25, 0.3) is 0 Å². The van der Waals surface area contributed by atoms with E-state index in [1.54, 1.807) is 13.8 Å². The molecule has 142 valence electrons. The summed E-state index contributed by atoms with van der Waals surface area (Å²) in [7, 11) is 3.54. The molecule has 0 unspecified atom stereocenters. The fourth-order valence-corrected chi connectivity index (χ4v) is 2.90. The Morgan fingerprint density at radius 1 is 0.917 bits per heavy atom. The Balaban J connectivity index is 0.000000640. The minimum absolute atomic E-state index is 0.00463. The van der Waals surface area contributed by atoms with Crippen molar-refractivity contribution in [2.75, 3.05) is 14.2 Å². The predicted octanol–water partition coefficient (Wildman–Crippen LogP) is 3.65. The van der Waals surface area contributed by atoms with Crippen LogP contribution in [0.1, 0.15) is 68.2 Å². The van der Waals surface area contributed by atoms with Crippen LogP contribution in [-0.2, 0) is 19.1 Å². The van der Waals surface area contributed by atoms with Gasteiger partial charge in [-0.1, -0.05) is 27.7 Å². The number of likely N-dealkylation sites (tertiary alicyclic amines) is 1. The fraction of sp³-hybridized carbons (Fsp3) is 0.895. The van der Waals surface area contributed by atoms with E-state index >= 15 is 0 Å². The molecule has 0 bridgehead atoms. The summed E-state index contributed by atoms with van der Waals surface area (Å²) in [5, 5.41) is 0. The number of hydrogen-bond donors (Lipinski definition) is 0. The Kier molecular flexibility index (Phi) is 8.43. The van der Waals surface area contributed by atoms with Gasteiger partial charge in [-0.05, 0) is 34.7 Å². The minimum Gasteiger partial charge on any atom is -0.469 e. The summed E-state index contributed by atoms with van der Waals surface area (Å²) in [6.07, 6.45) is 1.86. The van der Waals surface area contributed by atoms with Crippen LogP contribution in [0.5, 0.6) is 0 Å². The zero-order chi connectivity index (χ0) is 19.3. The predicted molar refractivity (Wildman–Crippen MR) is 96.7 cm³/mol. The summed E-state index contributed by atoms with van der Waals surface area (Å²) in [5.41, 5.74) is 0.146. The summed E-state index contributed by atoms with van der Waals surface area (Å²) in [6.45, 7) is 16.2. The van der Waals surface area contributed by atoms with Crippen LogP contribution in [0.15, 0.2) is 0 Å². The Hall–Kier alpha value is -1.10. The molecule has 1 fully saturated rings. The Morgan fingerprint density at radius 2 is 1.29 bits per heavy atom. The SMILES string of the molecule is CC(C)C(=O)OC1CC(C)(C)N(C)C(C)(C)C1.COC(=O)C(C)C. The molecule has 1 aliphatic rings. The van der Waals surface area contributed by atoms with Gasteiger partial charge in [-0.2, -0.15) is 0 Å². The van der Waals surface area contributed by atoms with E-state index in [1.807, 2.05) is 13.8 Å². The monoisotopic (exact) mass is 343 g/mol. The molecular formula is C19H37NO4. The first-order chi connectivity index (χ1) is 10.7. The lowest BCUT2D eigenvalue weighted by molar-refractivity contribution is -0.162. The van der Waals surface area contributed by atoms with Crippen molar-refractivity contribution < 1.29 is 19.1 Å². The zero-order valence-corrected chi connectivity index (χ0v) is 17.2. The van der Waals surface area contributed by atoms with Gasteiger partial charge in [0.05, 0.1) is 18.9 Å². The highest BCUT2D eigenvalue weighted by atomic mass is 16.5. The van der Waals surface area contributed by atoms with Crippen molar-refractivity contribution >= 4 is 11.9 Å². The third kappa shape index (κ3) is 6.80. The summed E-state index contributed by atoms with van der Waals surface area (Å²) in [4.78, 5) is 24.4. The molecule has 1 rings (SSSR count). The lowest BCUT2D eigenvalue weighted by Crippen LogP contribution is -2.60. The lowest BCUT2D eigenvalue weighted by Gasteiger charge is -2.53. The second-order valence-electron chi connectivity index (χ2n) is 8.48. The maximum Gasteiger partial charge on any atom is 0.308 e. The zero-order valence-electron chi connectivity index (χ0n) is 17.2. The Bertz CT molecular complexity index is 409. The smallest absolute Gasteiger partial charge is 0.308 e. The van der Waals surface area contributed by atoms with Gasteiger partial charge in [-0.3, -0.25) is 14.5 Å². The van der Waals surface area contributed by atoms with Crippen molar-refractivity contribution in [2.45, 2.75) is 85.4 Å². The van der Waals surface area contributed by atoms with Crippen LogP contribution < -0.4 is 0 Å². The molecule has 0 aromatic carbocycles. The molecule has 0 N–H and O–H groups in total. The van der Waals surface area contributed by atoms with E-state index < -0.39 is 0 Å². The molecule has 0 aromatic heterocycles. The van der Waals surface area contributed by atoms with Crippen LogP contribution in [0, 0.1) is 11.8 Å². The number of methoxy groups -OCH3 is 1. The van der Waals surface area contributed by atoms with Gasteiger partial charge >= 0.3 is 11.9 Å². The summed E-state index contributed by atoms with van der Waals surface area (Å²) in [6, 6.07) is 0. The molecule has 0 saturated carbocycles. The number of carbonyl (C=O) groups excluding carboxylic acids is 2. The van der Waals surface area contributed by atoms with Crippen molar-refractivity contribution in [1.29, 1.82) is 0 Å². The summed E-state index contributed by atoms with van der Waals surface area (Å²) < 4.78 is 9.98. The van der Waals surface area contributed by atoms with Crippen molar-refractivity contribution in [3.8, 4) is 0 Å². The molecule has 0 amide bonds. The highest BCUT2D eigenvalue weighted by Gasteiger charge is 2.44. The molecule has 5 nitrogen and oxygen atoms in total. The maximum atomic E-state index is 11.7. The quantitative estimate of drug-likeness (QED) is 0.732. The number of carbonyl (C=O) groups is 2. The number of piperidine rings is 1. The van der Waals surface area contributed by atoms with E-state index in [2.05, 4.69) is 44.4 Å². The van der Waals surface area contributed by atoms with Gasteiger partial charge in [0.15, 0.2) is 0 Å². The summed E-state index contributed by atoms with van der Waals surface area (Å²) >= 11 is 0. The van der Waals surface area contributed by atoms with Gasteiger partial charge in [0.2, 0.25) is 0 Å². The van der Waals surface area contributed by atoms with Crippen LogP contribution in [0.25, 0.3) is 0 Å². The molecule has 0 aromatic rings. The number of ether oxygens (including phenoxy) is 2. The number of nitrogens with zero attached hydrogens (tertiary/aromatic N) is 1. The maximum absolute atomic E-state index is 11.7. The van der Waals surface area contributed by atoms with Gasteiger partial charge in [0, 0.05) is 23.9 Å². The van der Waals surface area contributed by atoms with E-state index in [0.29, 0.717) is 0 Å². The van der Waals surface area contributed by atoms with Crippen LogP contribution >= 0.6 is 0 Å². The molecule has 24 heavy (non-hydrogen) atoms. The van der Waals surface area contributed by atoms with E-state index in [1.165, 1.54) is 7.11 Å². The van der Waals surface area contributed by atoms with Gasteiger partial charge in [-0.15, -0.1) is 0 Å². The molecule has 0 spiro atoms. The van der Waals surface area contributed by atoms with Crippen molar-refractivity contribution in [2.24, 2.45) is 11.8 Å². The van der Waals surface area contributed by atoms with E-state index in [4.69, 9.17) is 4.74 Å². The van der Waals surface area contributed by atoms with E-state index in [9.17, 15) is 9.59 Å². The number of esters is 2. The van der Waals surface area contributed by atoms with Crippen molar-refractivity contribution in [3.05, 3.63) is 0 Å². The van der Waals surface area contributed by atoms with Crippen LogP contribution in [0.3, 0.4) is 0 Å². The first-order valence-corrected chi connectivity index (χ1v) is 8.77. The van der Waals surface area contributed by atoms with Gasteiger partial charge in [0.1, 0.15) is 6.10 Å². The van der Waals surface area contributed by atoms with E-state index in [-0.39, 0.29) is 41.0 Å². The highest BCUT2D eigenvalue weighted by molar-refractivity contribution is 5.71. The number of rotatable bonds is 3. The van der Waals surface area contributed by atoms with Gasteiger partial charge in [-0.25, -0.2) is 0 Å². The molecule has 1 aliphatic heterocycles. The second-order valence-corrected chi connectivity index (χ2v) is 8.48. The van der Waals surface area contributed by atoms with Crippen molar-refractivity contribution in [1.82, 2.24) is 4.90 Å². The molecule has 1 heterocycles. The van der Waals surface area contributed by atoms with E-state index in [0.717, 1.165) is 12.8 Å². The molecule has 0 atom stereocenters. The Labute approximate surface area is 148 Å². The molecule has 0 radical (unpaired) electrons. The highest BCUT2D eigenvalue weighted by Crippen LogP contribution is 2.38. The third-order valence-corrected chi connectivity index (χ3v) is 4.70. The Morgan fingerprint density at radius 3 is 1.54 bits per heavy atom. The average Bonchev–Trinajstić information content (AvgIpc) is 2.43. The van der Waals surface area contributed by atoms with Crippen molar-refractivity contribution in [3.63, 3.8) is 0 Å². The van der Waals surface area contributed by atoms with Crippen LogP contribution in [0.2, 0.25) is 0 Å². The molecule has 1 saturated heterocycles. The van der Waals surface area contributed by atoms with Crippen LogP contribution in [-0.4, -0.2) is 48.2 Å². The van der Waals surface area contributed by atoms with Crippen LogP contribution in [0.4, 0.5) is 0 Å². The molecular weight excluding hydrogens is 306 g/mol. The molecule has 5 heteroatoms. The number of hydrogen-bond acceptors (Lipinski definition) is 5. The second kappa shape index (κ2) is 8.84. The van der Waals surface area contributed by atoms with Gasteiger partial charge < -0.3 is 9.47 Å². The molecule has 0 aliphatic carbocycles. The fourth-order valence-electron chi connectivity index (χ4n) is 2.90. The topological polar surface area (TPSA) is 55.8 Å². The first-order valence-electron chi connectivity index (χ1n) is 8.77. The largest absolute Gasteiger partial charge is 0.469 e. The normalized spacial score (nSPS) is 20.3. The standard InChI is InChI=1S/C14H27NO2.C5H10O2/c1-10(2)12(16)17-11-8-13(3,4)15(7)14(5,6)9-11;1-4(2)5(6)7-3/h10-11H,8-9H2,1-7H3;4H,1-3H3. The average molecular weight is 344 g/mol. The summed E-state index contributed by atoms with van der Waals surface area (Å²) in [5.74, 6) is -0.267. The lowest BCUT2D eigenvalue weighted by atomic mass is 9.78.